The van der Waals surface area contributed by atoms with Gasteiger partial charge in [-0.1, -0.05) is 18.2 Å². The van der Waals surface area contributed by atoms with Crippen molar-refractivity contribution in [1.29, 1.82) is 0 Å². The Morgan fingerprint density at radius 1 is 0.800 bits per heavy atom. The Hall–Kier alpha value is -3.28. The van der Waals surface area contributed by atoms with E-state index in [0.717, 1.165) is 21.9 Å². The molecule has 3 aromatic carbocycles. The monoisotopic (exact) mass is 339 g/mol. The van der Waals surface area contributed by atoms with E-state index in [2.05, 4.69) is 0 Å². The Bertz CT molecular complexity index is 952. The summed E-state index contributed by atoms with van der Waals surface area (Å²) in [6.45, 7) is 0. The Morgan fingerprint density at radius 2 is 1.52 bits per heavy atom. The van der Waals surface area contributed by atoms with Crippen LogP contribution >= 0.6 is 0 Å². The van der Waals surface area contributed by atoms with Crippen LogP contribution in [-0.2, 0) is 0 Å². The van der Waals surface area contributed by atoms with Crippen molar-refractivity contribution in [1.82, 2.24) is 0 Å². The maximum atomic E-state index is 11.0. The van der Waals surface area contributed by atoms with E-state index in [-0.39, 0.29) is 5.69 Å². The lowest BCUT2D eigenvalue weighted by molar-refractivity contribution is -0.384. The third kappa shape index (κ3) is 2.94. The van der Waals surface area contributed by atoms with E-state index in [1.54, 1.807) is 39.5 Å². The predicted molar refractivity (Wildman–Crippen MR) is 95.7 cm³/mol. The number of rotatable bonds is 5. The molecule has 0 saturated carbocycles. The Labute approximate surface area is 144 Å². The molecule has 0 atom stereocenters. The second-order valence-electron chi connectivity index (χ2n) is 5.38. The number of ether oxygens (including phenoxy) is 3. The molecule has 6 heteroatoms. The van der Waals surface area contributed by atoms with Crippen LogP contribution in [0.5, 0.6) is 17.2 Å². The molecule has 0 aliphatic rings. The molecule has 0 fully saturated rings. The minimum Gasteiger partial charge on any atom is -0.496 e. The molecule has 6 nitrogen and oxygen atoms in total. The molecular formula is C19H17NO5. The van der Waals surface area contributed by atoms with Crippen LogP contribution in [0, 0.1) is 10.1 Å². The van der Waals surface area contributed by atoms with Gasteiger partial charge in [0.05, 0.1) is 26.3 Å². The van der Waals surface area contributed by atoms with Gasteiger partial charge >= 0.3 is 0 Å². The van der Waals surface area contributed by atoms with E-state index >= 15 is 0 Å². The number of nitro groups is 1. The fourth-order valence-corrected chi connectivity index (χ4v) is 2.85. The van der Waals surface area contributed by atoms with E-state index in [1.165, 1.54) is 6.07 Å². The highest BCUT2D eigenvalue weighted by atomic mass is 16.6. The first-order valence-corrected chi connectivity index (χ1v) is 7.56. The standard InChI is InChI=1S/C19H17NO5/c1-23-17-11-18(24-2)19(25-3)15-8-7-13(10-16(15)17)12-5-4-6-14(9-12)20(21)22/h4-11H,1-3H3. The topological polar surface area (TPSA) is 70.8 Å². The SMILES string of the molecule is COc1cc(OC)c2cc(-c3cccc([N+](=O)[O-])c3)ccc2c1OC. The van der Waals surface area contributed by atoms with Gasteiger partial charge in [-0.15, -0.1) is 0 Å². The Kier molecular flexibility index (Phi) is 4.43. The van der Waals surface area contributed by atoms with Crippen molar-refractivity contribution in [3.63, 3.8) is 0 Å². The number of methoxy groups -OCH3 is 3. The molecule has 0 saturated heterocycles. The summed E-state index contributed by atoms with van der Waals surface area (Å²) in [6.07, 6.45) is 0. The van der Waals surface area contributed by atoms with Crippen LogP contribution in [0.3, 0.4) is 0 Å². The molecule has 25 heavy (non-hydrogen) atoms. The van der Waals surface area contributed by atoms with Gasteiger partial charge in [0.1, 0.15) is 5.75 Å². The number of non-ortho nitro benzene ring substituents is 1. The van der Waals surface area contributed by atoms with E-state index in [0.29, 0.717) is 17.2 Å². The van der Waals surface area contributed by atoms with Crippen molar-refractivity contribution in [3.8, 4) is 28.4 Å². The number of hydrogen-bond donors (Lipinski definition) is 0. The van der Waals surface area contributed by atoms with Crippen LogP contribution < -0.4 is 14.2 Å². The van der Waals surface area contributed by atoms with Gasteiger partial charge in [-0.05, 0) is 23.3 Å². The number of nitro benzene ring substituents is 1. The molecule has 0 unspecified atom stereocenters. The Balaban J connectivity index is 2.23. The molecule has 0 amide bonds. The summed E-state index contributed by atoms with van der Waals surface area (Å²) < 4.78 is 16.3. The van der Waals surface area contributed by atoms with Crippen LogP contribution in [0.25, 0.3) is 21.9 Å². The van der Waals surface area contributed by atoms with Crippen LogP contribution in [0.2, 0.25) is 0 Å². The average Bonchev–Trinajstić information content (AvgIpc) is 2.66. The summed E-state index contributed by atoms with van der Waals surface area (Å²) in [4.78, 5) is 10.6. The smallest absolute Gasteiger partial charge is 0.270 e. The van der Waals surface area contributed by atoms with E-state index < -0.39 is 4.92 Å². The third-order valence-corrected chi connectivity index (χ3v) is 4.05. The molecule has 0 bridgehead atoms. The first-order valence-electron chi connectivity index (χ1n) is 7.56. The summed E-state index contributed by atoms with van der Waals surface area (Å²) in [5, 5.41) is 12.7. The molecule has 0 N–H and O–H groups in total. The van der Waals surface area contributed by atoms with Crippen molar-refractivity contribution >= 4 is 16.5 Å². The van der Waals surface area contributed by atoms with Gasteiger partial charge in [-0.25, -0.2) is 0 Å². The molecule has 128 valence electrons. The fraction of sp³-hybridized carbons (Fsp3) is 0.158. The first-order chi connectivity index (χ1) is 12.1. The summed E-state index contributed by atoms with van der Waals surface area (Å²) >= 11 is 0. The lowest BCUT2D eigenvalue weighted by atomic mass is 9.99. The van der Waals surface area contributed by atoms with Crippen molar-refractivity contribution in [3.05, 3.63) is 58.6 Å². The average molecular weight is 339 g/mol. The molecule has 0 heterocycles. The van der Waals surface area contributed by atoms with Crippen molar-refractivity contribution < 1.29 is 19.1 Å². The number of benzene rings is 3. The molecule has 0 aromatic heterocycles. The fourth-order valence-electron chi connectivity index (χ4n) is 2.85. The molecule has 0 spiro atoms. The van der Waals surface area contributed by atoms with Crippen molar-refractivity contribution in [2.75, 3.05) is 21.3 Å². The van der Waals surface area contributed by atoms with E-state index in [1.807, 2.05) is 24.3 Å². The van der Waals surface area contributed by atoms with Crippen molar-refractivity contribution in [2.45, 2.75) is 0 Å². The summed E-state index contributed by atoms with van der Waals surface area (Å²) in [5.41, 5.74) is 1.66. The second kappa shape index (κ2) is 6.68. The largest absolute Gasteiger partial charge is 0.496 e. The zero-order valence-electron chi connectivity index (χ0n) is 14.1. The van der Waals surface area contributed by atoms with Gasteiger partial charge in [0.25, 0.3) is 5.69 Å². The molecule has 0 aliphatic heterocycles. The normalized spacial score (nSPS) is 10.5. The van der Waals surface area contributed by atoms with Gasteiger partial charge in [0.2, 0.25) is 0 Å². The minimum absolute atomic E-state index is 0.0527. The maximum Gasteiger partial charge on any atom is 0.270 e. The van der Waals surface area contributed by atoms with Crippen LogP contribution in [0.4, 0.5) is 5.69 Å². The van der Waals surface area contributed by atoms with E-state index in [9.17, 15) is 10.1 Å². The number of fused-ring (bicyclic) bond motifs is 1. The highest BCUT2D eigenvalue weighted by Crippen LogP contribution is 2.42. The summed E-state index contributed by atoms with van der Waals surface area (Å²) in [6, 6.07) is 14.0. The molecule has 0 aliphatic carbocycles. The molecule has 3 rings (SSSR count). The highest BCUT2D eigenvalue weighted by molar-refractivity contribution is 5.98. The quantitative estimate of drug-likeness (QED) is 0.507. The van der Waals surface area contributed by atoms with Gasteiger partial charge in [-0.2, -0.15) is 0 Å². The van der Waals surface area contributed by atoms with Gasteiger partial charge in [0.15, 0.2) is 11.5 Å². The van der Waals surface area contributed by atoms with E-state index in [4.69, 9.17) is 14.2 Å². The van der Waals surface area contributed by atoms with Crippen LogP contribution in [0.15, 0.2) is 48.5 Å². The van der Waals surface area contributed by atoms with Crippen LogP contribution in [-0.4, -0.2) is 26.3 Å². The lowest BCUT2D eigenvalue weighted by Crippen LogP contribution is -1.95. The van der Waals surface area contributed by atoms with Gasteiger partial charge in [0, 0.05) is 29.0 Å². The third-order valence-electron chi connectivity index (χ3n) is 4.05. The Morgan fingerprint density at radius 3 is 2.16 bits per heavy atom. The van der Waals surface area contributed by atoms with Gasteiger partial charge in [-0.3, -0.25) is 10.1 Å². The van der Waals surface area contributed by atoms with Gasteiger partial charge < -0.3 is 14.2 Å². The lowest BCUT2D eigenvalue weighted by Gasteiger charge is -2.15. The highest BCUT2D eigenvalue weighted by Gasteiger charge is 2.15. The maximum absolute atomic E-state index is 11.0. The second-order valence-corrected chi connectivity index (χ2v) is 5.38. The first kappa shape index (κ1) is 16.6. The molecular weight excluding hydrogens is 322 g/mol. The molecule has 3 aromatic rings. The zero-order chi connectivity index (χ0) is 18.0. The number of nitrogens with zero attached hydrogens (tertiary/aromatic N) is 1. The van der Waals surface area contributed by atoms with Crippen LogP contribution in [0.1, 0.15) is 0 Å². The minimum atomic E-state index is -0.404. The summed E-state index contributed by atoms with van der Waals surface area (Å²) in [7, 11) is 4.74. The molecule has 0 radical (unpaired) electrons. The summed E-state index contributed by atoms with van der Waals surface area (Å²) in [5.74, 6) is 1.83. The number of hydrogen-bond acceptors (Lipinski definition) is 5. The zero-order valence-corrected chi connectivity index (χ0v) is 14.1. The predicted octanol–water partition coefficient (Wildman–Crippen LogP) is 4.44. The van der Waals surface area contributed by atoms with Crippen molar-refractivity contribution in [2.24, 2.45) is 0 Å².